The normalized spacial score (nSPS) is 31.2. The number of ether oxygens (including phenoxy) is 1. The third-order valence-electron chi connectivity index (χ3n) is 6.11. The van der Waals surface area contributed by atoms with Gasteiger partial charge in [-0.25, -0.2) is 0 Å². The Kier molecular flexibility index (Phi) is 4.58. The minimum absolute atomic E-state index is 0.00113. The molecule has 3 aliphatic rings. The van der Waals surface area contributed by atoms with Crippen LogP contribution in [0.4, 0.5) is 0 Å². The molecule has 7 nitrogen and oxygen atoms in total. The number of likely N-dealkylation sites (tertiary alicyclic amines) is 1. The number of aromatic amines is 1. The largest absolute Gasteiger partial charge is 0.360 e. The Morgan fingerprint density at radius 2 is 2.33 bits per heavy atom. The molecule has 2 fully saturated rings. The zero-order chi connectivity index (χ0) is 19.2. The van der Waals surface area contributed by atoms with E-state index in [9.17, 15) is 9.59 Å². The Morgan fingerprint density at radius 1 is 1.52 bits per heavy atom. The second-order valence-corrected chi connectivity index (χ2v) is 8.46. The van der Waals surface area contributed by atoms with Crippen molar-refractivity contribution >= 4 is 11.8 Å². The average molecular weight is 372 g/mol. The van der Waals surface area contributed by atoms with Crippen molar-refractivity contribution < 1.29 is 14.3 Å². The van der Waals surface area contributed by atoms with Crippen LogP contribution >= 0.6 is 0 Å². The molecule has 4 rings (SSSR count). The van der Waals surface area contributed by atoms with Crippen LogP contribution in [0.5, 0.6) is 0 Å². The predicted molar refractivity (Wildman–Crippen MR) is 99.7 cm³/mol. The van der Waals surface area contributed by atoms with Crippen LogP contribution in [0.15, 0.2) is 24.5 Å². The second kappa shape index (κ2) is 6.78. The highest BCUT2D eigenvalue weighted by Crippen LogP contribution is 2.52. The highest BCUT2D eigenvalue weighted by molar-refractivity contribution is 5.93. The number of aromatic nitrogens is 2. The summed E-state index contributed by atoms with van der Waals surface area (Å²) in [4.78, 5) is 29.9. The van der Waals surface area contributed by atoms with Crippen LogP contribution in [-0.2, 0) is 20.7 Å². The number of carbonyl (C=O) groups excluding carboxylic acids is 2. The van der Waals surface area contributed by atoms with Gasteiger partial charge in [-0.15, -0.1) is 0 Å². The summed E-state index contributed by atoms with van der Waals surface area (Å²) in [6, 6.07) is 0. The van der Waals surface area contributed by atoms with Crippen LogP contribution in [-0.4, -0.2) is 70.2 Å². The number of rotatable bonds is 7. The van der Waals surface area contributed by atoms with Gasteiger partial charge in [0.2, 0.25) is 11.8 Å². The first-order chi connectivity index (χ1) is 12.9. The number of fused-ring (bicyclic) bond motifs is 1. The van der Waals surface area contributed by atoms with Gasteiger partial charge in [-0.05, 0) is 24.3 Å². The fourth-order valence-electron chi connectivity index (χ4n) is 4.54. The minimum Gasteiger partial charge on any atom is -0.360 e. The summed E-state index contributed by atoms with van der Waals surface area (Å²) >= 11 is 0. The van der Waals surface area contributed by atoms with E-state index in [4.69, 9.17) is 4.74 Å². The summed E-state index contributed by atoms with van der Waals surface area (Å²) in [5.74, 6) is -0.192. The Bertz CT molecular complexity index is 744. The van der Waals surface area contributed by atoms with Gasteiger partial charge in [0.25, 0.3) is 0 Å². The van der Waals surface area contributed by atoms with E-state index in [1.165, 1.54) is 0 Å². The number of H-pyrrole nitrogens is 1. The van der Waals surface area contributed by atoms with Gasteiger partial charge in [0.05, 0.1) is 30.7 Å². The molecule has 2 amide bonds. The van der Waals surface area contributed by atoms with Crippen LogP contribution in [0.1, 0.15) is 25.8 Å². The number of hydrogen-bond acceptors (Lipinski definition) is 4. The number of amides is 2. The fraction of sp³-hybridized carbons (Fsp3) is 0.650. The van der Waals surface area contributed by atoms with E-state index in [2.05, 4.69) is 24.0 Å². The van der Waals surface area contributed by atoms with Gasteiger partial charge in [0.1, 0.15) is 5.60 Å². The molecule has 1 N–H and O–H groups in total. The van der Waals surface area contributed by atoms with E-state index in [0.29, 0.717) is 19.0 Å². The maximum atomic E-state index is 13.2. The summed E-state index contributed by atoms with van der Waals surface area (Å²) in [6.07, 6.45) is 9.01. The highest BCUT2D eigenvalue weighted by atomic mass is 16.5. The van der Waals surface area contributed by atoms with Crippen molar-refractivity contribution in [1.82, 2.24) is 20.0 Å². The first kappa shape index (κ1) is 18.2. The van der Waals surface area contributed by atoms with Crippen molar-refractivity contribution in [3.8, 4) is 0 Å². The number of likely N-dealkylation sites (N-methyl/N-ethyl adjacent to an activating group) is 1. The molecule has 0 aliphatic carbocycles. The van der Waals surface area contributed by atoms with E-state index in [1.54, 1.807) is 18.1 Å². The van der Waals surface area contributed by atoms with Crippen molar-refractivity contribution in [1.29, 1.82) is 0 Å². The molecule has 1 aromatic rings. The van der Waals surface area contributed by atoms with E-state index < -0.39 is 11.5 Å². The van der Waals surface area contributed by atoms with Gasteiger partial charge in [0, 0.05) is 26.3 Å². The SMILES string of the molecule is CC(C)CCN1C[C@]23C=C[C@H](O2)[C@@H](C(=O)N(C)CCc2cn[nH]c2)[C@H]3C1=O. The lowest BCUT2D eigenvalue weighted by molar-refractivity contribution is -0.142. The second-order valence-electron chi connectivity index (χ2n) is 8.46. The number of nitrogens with zero attached hydrogens (tertiary/aromatic N) is 3. The van der Waals surface area contributed by atoms with Crippen LogP contribution in [0, 0.1) is 17.8 Å². The molecule has 4 heterocycles. The van der Waals surface area contributed by atoms with Crippen molar-refractivity contribution in [2.75, 3.05) is 26.7 Å². The van der Waals surface area contributed by atoms with E-state index in [1.807, 2.05) is 23.2 Å². The molecule has 1 spiro atoms. The summed E-state index contributed by atoms with van der Waals surface area (Å²) in [5, 5.41) is 6.72. The molecule has 1 aromatic heterocycles. The minimum atomic E-state index is -0.607. The molecular formula is C20H28N4O3. The summed E-state index contributed by atoms with van der Waals surface area (Å²) < 4.78 is 6.19. The third kappa shape index (κ3) is 3.08. The van der Waals surface area contributed by atoms with Gasteiger partial charge in [0.15, 0.2) is 0 Å². The third-order valence-corrected chi connectivity index (χ3v) is 6.11. The van der Waals surface area contributed by atoms with Crippen LogP contribution < -0.4 is 0 Å². The lowest BCUT2D eigenvalue weighted by atomic mass is 9.76. The lowest BCUT2D eigenvalue weighted by Crippen LogP contribution is -2.45. The molecule has 4 atom stereocenters. The van der Waals surface area contributed by atoms with Gasteiger partial charge >= 0.3 is 0 Å². The first-order valence-electron chi connectivity index (χ1n) is 9.80. The molecule has 2 bridgehead atoms. The van der Waals surface area contributed by atoms with E-state index in [-0.39, 0.29) is 23.8 Å². The summed E-state index contributed by atoms with van der Waals surface area (Å²) in [6.45, 7) is 6.20. The fourth-order valence-corrected chi connectivity index (χ4v) is 4.54. The number of carbonyl (C=O) groups is 2. The zero-order valence-electron chi connectivity index (χ0n) is 16.2. The van der Waals surface area contributed by atoms with Gasteiger partial charge < -0.3 is 14.5 Å². The first-order valence-corrected chi connectivity index (χ1v) is 9.80. The maximum Gasteiger partial charge on any atom is 0.230 e. The Morgan fingerprint density at radius 3 is 3.04 bits per heavy atom. The quantitative estimate of drug-likeness (QED) is 0.731. The van der Waals surface area contributed by atoms with Gasteiger partial charge in [-0.3, -0.25) is 14.7 Å². The smallest absolute Gasteiger partial charge is 0.230 e. The van der Waals surface area contributed by atoms with E-state index in [0.717, 1.165) is 24.9 Å². The summed E-state index contributed by atoms with van der Waals surface area (Å²) in [5.41, 5.74) is 0.455. The van der Waals surface area contributed by atoms with Crippen molar-refractivity contribution in [3.63, 3.8) is 0 Å². The summed E-state index contributed by atoms with van der Waals surface area (Å²) in [7, 11) is 1.81. The zero-order valence-corrected chi connectivity index (χ0v) is 16.2. The highest BCUT2D eigenvalue weighted by Gasteiger charge is 2.66. The average Bonchev–Trinajstić information content (AvgIpc) is 3.39. The number of hydrogen-bond donors (Lipinski definition) is 1. The van der Waals surface area contributed by atoms with Crippen molar-refractivity contribution in [2.45, 2.75) is 38.4 Å². The van der Waals surface area contributed by atoms with Crippen LogP contribution in [0.25, 0.3) is 0 Å². The molecule has 7 heteroatoms. The maximum absolute atomic E-state index is 13.2. The van der Waals surface area contributed by atoms with Crippen LogP contribution in [0.2, 0.25) is 0 Å². The van der Waals surface area contributed by atoms with E-state index >= 15 is 0 Å². The molecule has 0 aromatic carbocycles. The Labute approximate surface area is 159 Å². The molecule has 0 radical (unpaired) electrons. The predicted octanol–water partition coefficient (Wildman–Crippen LogP) is 1.24. The molecule has 27 heavy (non-hydrogen) atoms. The molecule has 146 valence electrons. The molecular weight excluding hydrogens is 344 g/mol. The topological polar surface area (TPSA) is 78.5 Å². The van der Waals surface area contributed by atoms with Crippen molar-refractivity contribution in [3.05, 3.63) is 30.1 Å². The molecule has 2 saturated heterocycles. The van der Waals surface area contributed by atoms with Crippen LogP contribution in [0.3, 0.4) is 0 Å². The Hall–Kier alpha value is -2.15. The van der Waals surface area contributed by atoms with Gasteiger partial charge in [-0.2, -0.15) is 5.10 Å². The number of nitrogens with one attached hydrogen (secondary N) is 1. The monoisotopic (exact) mass is 372 g/mol. The standard InChI is InChI=1S/C20H28N4O3/c1-13(2)5-9-24-12-20-7-4-15(27-20)16(17(20)19(24)26)18(25)23(3)8-6-14-10-21-22-11-14/h4,7,10-11,13,15-17H,5-6,8-9,12H2,1-3H3,(H,21,22)/t15-,16+,17-,20-/m0/s1. The lowest BCUT2D eigenvalue weighted by Gasteiger charge is -2.27. The van der Waals surface area contributed by atoms with Crippen molar-refractivity contribution in [2.24, 2.45) is 17.8 Å². The van der Waals surface area contributed by atoms with Gasteiger partial charge in [-0.1, -0.05) is 26.0 Å². The molecule has 3 aliphatic heterocycles. The Balaban J connectivity index is 1.46. The molecule has 0 saturated carbocycles. The molecule has 0 unspecified atom stereocenters.